The summed E-state index contributed by atoms with van der Waals surface area (Å²) in [5, 5.41) is 0. The van der Waals surface area contributed by atoms with Gasteiger partial charge in [-0.15, -0.1) is 0 Å². The van der Waals surface area contributed by atoms with Crippen LogP contribution >= 0.6 is 0 Å². The summed E-state index contributed by atoms with van der Waals surface area (Å²) < 4.78 is 5.62. The highest BCUT2D eigenvalue weighted by atomic mass is 16.5. The average molecular weight is 372 g/mol. The molecule has 4 rings (SSSR count). The molecule has 0 spiro atoms. The summed E-state index contributed by atoms with van der Waals surface area (Å²) in [5.74, 6) is 2.53. The summed E-state index contributed by atoms with van der Waals surface area (Å²) >= 11 is 0. The maximum atomic E-state index is 12.2. The molecule has 4 aliphatic rings. The van der Waals surface area contributed by atoms with Crippen LogP contribution in [0.1, 0.15) is 66.2 Å². The smallest absolute Gasteiger partial charge is 0.307 e. The molecule has 3 fully saturated rings. The third-order valence-electron chi connectivity index (χ3n) is 8.66. The first kappa shape index (κ1) is 18.9. The molecule has 27 heavy (non-hydrogen) atoms. The monoisotopic (exact) mass is 371 g/mol. The van der Waals surface area contributed by atoms with E-state index in [0.29, 0.717) is 34.8 Å². The molecule has 0 aromatic heterocycles. The van der Waals surface area contributed by atoms with E-state index in [1.165, 1.54) is 26.2 Å². The summed E-state index contributed by atoms with van der Waals surface area (Å²) in [6.07, 6.45) is 10.2. The Kier molecular flexibility index (Phi) is 4.41. The first-order valence-electron chi connectivity index (χ1n) is 10.6. The molecule has 0 heterocycles. The van der Waals surface area contributed by atoms with Crippen LogP contribution < -0.4 is 5.73 Å². The second kappa shape index (κ2) is 6.30. The number of hydrogen-bond donors (Lipinski definition) is 1. The number of carbonyl (C=O) groups excluding carboxylic acids is 2. The maximum absolute atomic E-state index is 12.2. The number of carbonyl (C=O) groups is 2. The predicted octanol–water partition coefficient (Wildman–Crippen LogP) is 4.15. The molecule has 2 N–H and O–H groups in total. The van der Waals surface area contributed by atoms with Gasteiger partial charge in [-0.25, -0.2) is 0 Å². The van der Waals surface area contributed by atoms with Crippen molar-refractivity contribution in [3.8, 4) is 0 Å². The van der Waals surface area contributed by atoms with E-state index in [1.54, 1.807) is 12.2 Å². The molecule has 1 unspecified atom stereocenters. The van der Waals surface area contributed by atoms with Gasteiger partial charge >= 0.3 is 5.97 Å². The highest BCUT2D eigenvalue weighted by molar-refractivity contribution is 6.02. The minimum Gasteiger partial charge on any atom is -0.430 e. The van der Waals surface area contributed by atoms with E-state index in [4.69, 9.17) is 10.5 Å². The van der Waals surface area contributed by atoms with E-state index in [1.807, 2.05) is 0 Å². The van der Waals surface area contributed by atoms with E-state index in [0.717, 1.165) is 24.8 Å². The van der Waals surface area contributed by atoms with Crippen LogP contribution in [0.25, 0.3) is 0 Å². The second-order valence-corrected chi connectivity index (χ2v) is 9.88. The maximum Gasteiger partial charge on any atom is 0.307 e. The van der Waals surface area contributed by atoms with E-state index in [9.17, 15) is 9.59 Å². The molecule has 0 aliphatic heterocycles. The van der Waals surface area contributed by atoms with Crippen LogP contribution in [-0.4, -0.2) is 17.8 Å². The topological polar surface area (TPSA) is 69.4 Å². The Bertz CT molecular complexity index is 736. The number of allylic oxidation sites excluding steroid dienone is 3. The van der Waals surface area contributed by atoms with Crippen molar-refractivity contribution in [2.75, 3.05) is 0 Å². The van der Waals surface area contributed by atoms with Crippen LogP contribution in [0.4, 0.5) is 0 Å². The van der Waals surface area contributed by atoms with Gasteiger partial charge < -0.3 is 10.5 Å². The van der Waals surface area contributed by atoms with Crippen LogP contribution in [0, 0.1) is 34.5 Å². The van der Waals surface area contributed by atoms with Crippen molar-refractivity contribution in [2.45, 2.75) is 72.3 Å². The van der Waals surface area contributed by atoms with Crippen LogP contribution in [0.15, 0.2) is 23.5 Å². The van der Waals surface area contributed by atoms with Gasteiger partial charge in [0.05, 0.1) is 5.41 Å². The second-order valence-electron chi connectivity index (χ2n) is 9.88. The summed E-state index contributed by atoms with van der Waals surface area (Å²) in [4.78, 5) is 23.9. The molecule has 0 radical (unpaired) electrons. The first-order chi connectivity index (χ1) is 12.7. The Morgan fingerprint density at radius 1 is 1.19 bits per heavy atom. The molecule has 3 saturated carbocycles. The van der Waals surface area contributed by atoms with E-state index < -0.39 is 0 Å². The third kappa shape index (κ3) is 2.66. The van der Waals surface area contributed by atoms with Gasteiger partial charge in [0.15, 0.2) is 5.78 Å². The molecule has 0 bridgehead atoms. The minimum atomic E-state index is -0.336. The lowest BCUT2D eigenvalue weighted by molar-refractivity contribution is -0.140. The van der Waals surface area contributed by atoms with E-state index in [-0.39, 0.29) is 23.2 Å². The quantitative estimate of drug-likeness (QED) is 0.740. The number of rotatable bonds is 2. The number of hydrogen-bond acceptors (Lipinski definition) is 4. The Balaban J connectivity index is 1.71. The van der Waals surface area contributed by atoms with Crippen LogP contribution in [0.5, 0.6) is 0 Å². The van der Waals surface area contributed by atoms with Crippen LogP contribution in [-0.2, 0) is 14.3 Å². The molecule has 7 atom stereocenters. The van der Waals surface area contributed by atoms with Crippen molar-refractivity contribution >= 4 is 11.8 Å². The molecule has 0 aromatic carbocycles. The Morgan fingerprint density at radius 2 is 1.93 bits per heavy atom. The molecule has 4 nitrogen and oxygen atoms in total. The molecule has 0 saturated heterocycles. The number of esters is 1. The lowest BCUT2D eigenvalue weighted by atomic mass is 9.47. The molecule has 0 amide bonds. The minimum absolute atomic E-state index is 0.0456. The van der Waals surface area contributed by atoms with Crippen molar-refractivity contribution in [2.24, 2.45) is 40.2 Å². The number of nitrogens with two attached hydrogens (primary N) is 1. The molecular weight excluding hydrogens is 338 g/mol. The fourth-order valence-electron chi connectivity index (χ4n) is 7.48. The lowest BCUT2D eigenvalue weighted by Gasteiger charge is -2.58. The molecule has 4 heteroatoms. The van der Waals surface area contributed by atoms with Crippen molar-refractivity contribution in [1.29, 1.82) is 0 Å². The number of fused-ring (bicyclic) bond motifs is 5. The molecule has 4 aliphatic carbocycles. The van der Waals surface area contributed by atoms with Gasteiger partial charge in [-0.05, 0) is 87.5 Å². The fourth-order valence-corrected chi connectivity index (χ4v) is 7.48. The van der Waals surface area contributed by atoms with Crippen LogP contribution in [0.3, 0.4) is 0 Å². The van der Waals surface area contributed by atoms with Gasteiger partial charge in [-0.3, -0.25) is 9.59 Å². The van der Waals surface area contributed by atoms with Gasteiger partial charge in [0, 0.05) is 19.0 Å². The molecular formula is C23H33NO3. The first-order valence-corrected chi connectivity index (χ1v) is 10.6. The molecule has 148 valence electrons. The predicted molar refractivity (Wildman–Crippen MR) is 104 cm³/mol. The fraction of sp³-hybridized carbons (Fsp3) is 0.739. The summed E-state index contributed by atoms with van der Waals surface area (Å²) in [6, 6.07) is 0.245. The van der Waals surface area contributed by atoms with Crippen molar-refractivity contribution in [3.63, 3.8) is 0 Å². The summed E-state index contributed by atoms with van der Waals surface area (Å²) in [6.45, 7) is 8.27. The number of ether oxygens (including phenoxy) is 1. The molecule has 0 aromatic rings. The van der Waals surface area contributed by atoms with Crippen molar-refractivity contribution in [1.82, 2.24) is 0 Å². The average Bonchev–Trinajstić information content (AvgIpc) is 2.93. The van der Waals surface area contributed by atoms with Gasteiger partial charge in [0.25, 0.3) is 0 Å². The van der Waals surface area contributed by atoms with Gasteiger partial charge in [0.2, 0.25) is 0 Å². The third-order valence-corrected chi connectivity index (χ3v) is 8.66. The SMILES string of the molecule is CC(=O)OC1=CC(=O)C=C2CC[C@@H]3[C@H](CC[C@]4(C)[C@@H](C(C)N)CC[C@@H]34)[C@]21C. The highest BCUT2D eigenvalue weighted by Crippen LogP contribution is 2.67. The van der Waals surface area contributed by atoms with Crippen molar-refractivity contribution < 1.29 is 14.3 Å². The standard InChI is InChI=1S/C23H33NO3/c1-13(24)18-7-8-19-17-6-5-15-11-16(26)12-21(27-14(2)25)23(15,4)20(17)9-10-22(18,19)3/h11-13,17-20H,5-10,24H2,1-4H3/t13?,17-,18+,19-,20-,22+,23-/m0/s1. The van der Waals surface area contributed by atoms with Gasteiger partial charge in [-0.2, -0.15) is 0 Å². The summed E-state index contributed by atoms with van der Waals surface area (Å²) in [5.41, 5.74) is 7.53. The highest BCUT2D eigenvalue weighted by Gasteiger charge is 2.60. The van der Waals surface area contributed by atoms with E-state index in [2.05, 4.69) is 20.8 Å². The normalized spacial score (nSPS) is 44.4. The largest absolute Gasteiger partial charge is 0.430 e. The van der Waals surface area contributed by atoms with Gasteiger partial charge in [0.1, 0.15) is 5.76 Å². The Hall–Kier alpha value is -1.42. The zero-order valence-electron chi connectivity index (χ0n) is 17.1. The Labute approximate surface area is 162 Å². The number of ketones is 1. The van der Waals surface area contributed by atoms with E-state index >= 15 is 0 Å². The lowest BCUT2D eigenvalue weighted by Crippen LogP contribution is -2.52. The Morgan fingerprint density at radius 3 is 2.59 bits per heavy atom. The van der Waals surface area contributed by atoms with Gasteiger partial charge in [-0.1, -0.05) is 12.5 Å². The zero-order valence-corrected chi connectivity index (χ0v) is 17.1. The summed E-state index contributed by atoms with van der Waals surface area (Å²) in [7, 11) is 0. The van der Waals surface area contributed by atoms with Crippen LogP contribution in [0.2, 0.25) is 0 Å². The zero-order chi connectivity index (χ0) is 19.6. The van der Waals surface area contributed by atoms with Crippen molar-refractivity contribution in [3.05, 3.63) is 23.5 Å².